The molecule has 19 heavy (non-hydrogen) atoms. The summed E-state index contributed by atoms with van der Waals surface area (Å²) in [6.45, 7) is 4.21. The van der Waals surface area contributed by atoms with Crippen molar-refractivity contribution in [1.29, 1.82) is 0 Å². The molecule has 6 heteroatoms. The van der Waals surface area contributed by atoms with E-state index in [1.807, 2.05) is 20.1 Å². The third-order valence-electron chi connectivity index (χ3n) is 2.90. The van der Waals surface area contributed by atoms with Crippen molar-refractivity contribution < 1.29 is 13.5 Å². The molecule has 0 bridgehead atoms. The van der Waals surface area contributed by atoms with Crippen LogP contribution in [-0.2, 0) is 10.0 Å². The molecule has 0 fully saturated rings. The van der Waals surface area contributed by atoms with E-state index in [9.17, 15) is 13.5 Å². The first-order valence-corrected chi connectivity index (χ1v) is 8.98. The minimum atomic E-state index is -3.50. The highest BCUT2D eigenvalue weighted by molar-refractivity contribution is 7.99. The summed E-state index contributed by atoms with van der Waals surface area (Å²) in [7, 11) is -3.50. The maximum atomic E-state index is 12.1. The minimum Gasteiger partial charge on any atom is -0.388 e. The van der Waals surface area contributed by atoms with Gasteiger partial charge in [0.15, 0.2) is 0 Å². The van der Waals surface area contributed by atoms with Crippen LogP contribution in [0, 0.1) is 0 Å². The zero-order valence-electron chi connectivity index (χ0n) is 11.5. The maximum absolute atomic E-state index is 12.1. The smallest absolute Gasteiger partial charge is 0.240 e. The lowest BCUT2D eigenvalue weighted by molar-refractivity contribution is 0.173. The number of aliphatic hydroxyl groups excluding tert-OH is 1. The summed E-state index contributed by atoms with van der Waals surface area (Å²) in [5.74, 6) is 0. The second kappa shape index (κ2) is 7.28. The summed E-state index contributed by atoms with van der Waals surface area (Å²) in [6.07, 6.45) is 1.87. The van der Waals surface area contributed by atoms with E-state index in [0.29, 0.717) is 18.5 Å². The van der Waals surface area contributed by atoms with Crippen LogP contribution in [-0.4, -0.2) is 31.6 Å². The highest BCUT2D eigenvalue weighted by atomic mass is 32.2. The van der Waals surface area contributed by atoms with Gasteiger partial charge in [-0.2, -0.15) is 11.8 Å². The summed E-state index contributed by atoms with van der Waals surface area (Å²) >= 11 is 1.61. The van der Waals surface area contributed by atoms with Crippen LogP contribution >= 0.6 is 11.8 Å². The Balaban J connectivity index is 2.89. The van der Waals surface area contributed by atoms with Gasteiger partial charge in [0.2, 0.25) is 10.0 Å². The molecule has 2 unspecified atom stereocenters. The Labute approximate surface area is 119 Å². The van der Waals surface area contributed by atoms with Crippen molar-refractivity contribution in [3.05, 3.63) is 29.8 Å². The first-order chi connectivity index (χ1) is 8.90. The lowest BCUT2D eigenvalue weighted by Gasteiger charge is -2.13. The van der Waals surface area contributed by atoms with E-state index < -0.39 is 16.1 Å². The van der Waals surface area contributed by atoms with E-state index in [-0.39, 0.29) is 10.1 Å². The van der Waals surface area contributed by atoms with Gasteiger partial charge in [0.1, 0.15) is 0 Å². The molecule has 0 aliphatic heterocycles. The van der Waals surface area contributed by atoms with Crippen molar-refractivity contribution in [3.63, 3.8) is 0 Å². The molecule has 108 valence electrons. The third-order valence-corrected chi connectivity index (χ3v) is 5.30. The fourth-order valence-corrected chi connectivity index (χ4v) is 3.06. The number of benzene rings is 1. The molecule has 1 rings (SSSR count). The molecule has 0 saturated carbocycles. The number of thioether (sulfide) groups is 1. The van der Waals surface area contributed by atoms with Gasteiger partial charge in [0.25, 0.3) is 0 Å². The van der Waals surface area contributed by atoms with Crippen molar-refractivity contribution >= 4 is 21.8 Å². The predicted molar refractivity (Wildman–Crippen MR) is 79.9 cm³/mol. The highest BCUT2D eigenvalue weighted by Gasteiger charge is 2.16. The van der Waals surface area contributed by atoms with E-state index in [1.54, 1.807) is 23.9 Å². The number of hydrogen-bond donors (Lipinski definition) is 2. The van der Waals surface area contributed by atoms with Gasteiger partial charge in [-0.3, -0.25) is 0 Å². The number of sulfonamides is 1. The van der Waals surface area contributed by atoms with Crippen LogP contribution in [0.2, 0.25) is 0 Å². The van der Waals surface area contributed by atoms with Crippen LogP contribution in [0.25, 0.3) is 0 Å². The Morgan fingerprint density at radius 3 is 2.68 bits per heavy atom. The molecule has 4 nitrogen and oxygen atoms in total. The summed E-state index contributed by atoms with van der Waals surface area (Å²) in [4.78, 5) is 0.200. The number of rotatable bonds is 7. The van der Waals surface area contributed by atoms with E-state index in [1.165, 1.54) is 12.1 Å². The molecular formula is C13H21NO3S2. The van der Waals surface area contributed by atoms with Gasteiger partial charge >= 0.3 is 0 Å². The molecule has 0 saturated heterocycles. The van der Waals surface area contributed by atoms with Crippen molar-refractivity contribution in [2.75, 3.05) is 12.8 Å². The Hall–Kier alpha value is -0.560. The first kappa shape index (κ1) is 16.5. The zero-order valence-corrected chi connectivity index (χ0v) is 13.1. The highest BCUT2D eigenvalue weighted by Crippen LogP contribution is 2.20. The normalized spacial score (nSPS) is 15.2. The van der Waals surface area contributed by atoms with Crippen molar-refractivity contribution in [1.82, 2.24) is 4.72 Å². The molecule has 2 atom stereocenters. The molecule has 0 heterocycles. The van der Waals surface area contributed by atoms with Gasteiger partial charge in [0, 0.05) is 11.8 Å². The Morgan fingerprint density at radius 2 is 2.11 bits per heavy atom. The van der Waals surface area contributed by atoms with Crippen LogP contribution in [0.15, 0.2) is 29.2 Å². The summed E-state index contributed by atoms with van der Waals surface area (Å²) < 4.78 is 26.8. The molecule has 0 aliphatic carbocycles. The van der Waals surface area contributed by atoms with E-state index in [2.05, 4.69) is 4.72 Å². The molecule has 2 N–H and O–H groups in total. The standard InChI is InChI=1S/C13H21NO3S2/c1-4-13(15)11-6-5-7-12(8-11)19(16,17)14-9-10(2)18-3/h5-8,10,13-15H,4,9H2,1-3H3. The summed E-state index contributed by atoms with van der Waals surface area (Å²) in [5, 5.41) is 9.98. The van der Waals surface area contributed by atoms with Gasteiger partial charge < -0.3 is 5.11 Å². The zero-order chi connectivity index (χ0) is 14.5. The third kappa shape index (κ3) is 4.80. The molecule has 0 spiro atoms. The van der Waals surface area contributed by atoms with Gasteiger partial charge in [0.05, 0.1) is 11.0 Å². The Morgan fingerprint density at radius 1 is 1.42 bits per heavy atom. The first-order valence-electron chi connectivity index (χ1n) is 6.21. The second-order valence-corrected chi connectivity index (χ2v) is 7.44. The molecule has 0 aromatic heterocycles. The van der Waals surface area contributed by atoms with E-state index >= 15 is 0 Å². The molecule has 0 aliphatic rings. The lowest BCUT2D eigenvalue weighted by Crippen LogP contribution is -2.29. The largest absolute Gasteiger partial charge is 0.388 e. The molecule has 1 aromatic rings. The molecule has 0 radical (unpaired) electrons. The van der Waals surface area contributed by atoms with Gasteiger partial charge in [-0.1, -0.05) is 26.0 Å². The SMILES string of the molecule is CCC(O)c1cccc(S(=O)(=O)NCC(C)SC)c1. The van der Waals surface area contributed by atoms with Gasteiger partial charge in [-0.05, 0) is 30.4 Å². The van der Waals surface area contributed by atoms with Crippen molar-refractivity contribution in [2.24, 2.45) is 0 Å². The van der Waals surface area contributed by atoms with E-state index in [4.69, 9.17) is 0 Å². The topological polar surface area (TPSA) is 66.4 Å². The van der Waals surface area contributed by atoms with Gasteiger partial charge in [-0.25, -0.2) is 13.1 Å². The molecule has 1 aromatic carbocycles. The Kier molecular flexibility index (Phi) is 6.32. The predicted octanol–water partition coefficient (Wildman–Crippen LogP) is 2.16. The lowest BCUT2D eigenvalue weighted by atomic mass is 10.1. The van der Waals surface area contributed by atoms with Crippen molar-refractivity contribution in [2.45, 2.75) is 36.5 Å². The van der Waals surface area contributed by atoms with Crippen LogP contribution < -0.4 is 4.72 Å². The fraction of sp³-hybridized carbons (Fsp3) is 0.538. The maximum Gasteiger partial charge on any atom is 0.240 e. The van der Waals surface area contributed by atoms with Crippen LogP contribution in [0.4, 0.5) is 0 Å². The average molecular weight is 303 g/mol. The van der Waals surface area contributed by atoms with Crippen LogP contribution in [0.1, 0.15) is 31.9 Å². The summed E-state index contributed by atoms with van der Waals surface area (Å²) in [5.41, 5.74) is 0.628. The summed E-state index contributed by atoms with van der Waals surface area (Å²) in [6, 6.07) is 6.46. The van der Waals surface area contributed by atoms with Crippen LogP contribution in [0.5, 0.6) is 0 Å². The number of aliphatic hydroxyl groups is 1. The molecule has 0 amide bonds. The minimum absolute atomic E-state index is 0.200. The quantitative estimate of drug-likeness (QED) is 0.810. The second-order valence-electron chi connectivity index (χ2n) is 4.39. The van der Waals surface area contributed by atoms with E-state index in [0.717, 1.165) is 0 Å². The fourth-order valence-electron chi connectivity index (χ4n) is 1.52. The molecular weight excluding hydrogens is 282 g/mol. The van der Waals surface area contributed by atoms with Gasteiger partial charge in [-0.15, -0.1) is 0 Å². The van der Waals surface area contributed by atoms with Crippen LogP contribution in [0.3, 0.4) is 0 Å². The number of hydrogen-bond acceptors (Lipinski definition) is 4. The Bertz CT molecular complexity index is 502. The monoisotopic (exact) mass is 303 g/mol. The van der Waals surface area contributed by atoms with Crippen molar-refractivity contribution in [3.8, 4) is 0 Å². The average Bonchev–Trinajstić information content (AvgIpc) is 2.44. The number of nitrogens with one attached hydrogen (secondary N) is 1.